The molecule has 1 aliphatic heterocycles. The molecule has 1 atom stereocenters. The molecule has 70 valence electrons. The zero-order valence-electron chi connectivity index (χ0n) is 7.10. The molecule has 1 aromatic heterocycles. The second-order valence-corrected chi connectivity index (χ2v) is 3.15. The summed E-state index contributed by atoms with van der Waals surface area (Å²) >= 11 is 0. The number of rotatable bonds is 1. The minimum absolute atomic E-state index is 0.161. The van der Waals surface area contributed by atoms with Crippen molar-refractivity contribution in [2.24, 2.45) is 0 Å². The van der Waals surface area contributed by atoms with Crippen LogP contribution in [0.5, 0.6) is 0 Å². The largest absolute Gasteiger partial charge is 0.391 e. The Bertz CT molecular complexity index is 349. The summed E-state index contributed by atoms with van der Waals surface area (Å²) < 4.78 is 0. The van der Waals surface area contributed by atoms with Gasteiger partial charge in [-0.25, -0.2) is 4.98 Å². The molecule has 5 nitrogen and oxygen atoms in total. The van der Waals surface area contributed by atoms with Crippen molar-refractivity contribution in [2.45, 2.75) is 12.5 Å². The molecule has 2 N–H and O–H groups in total. The van der Waals surface area contributed by atoms with E-state index < -0.39 is 0 Å². The van der Waals surface area contributed by atoms with Crippen LogP contribution in [0.1, 0.15) is 6.42 Å². The van der Waals surface area contributed by atoms with Crippen LogP contribution in [0, 0.1) is 0 Å². The van der Waals surface area contributed by atoms with Crippen molar-refractivity contribution in [1.82, 2.24) is 9.97 Å². The van der Waals surface area contributed by atoms with Gasteiger partial charge in [0.2, 0.25) is 5.95 Å². The first-order valence-electron chi connectivity index (χ1n) is 4.24. The summed E-state index contributed by atoms with van der Waals surface area (Å²) in [5, 5.41) is 9.27. The summed E-state index contributed by atoms with van der Waals surface area (Å²) in [6.07, 6.45) is 1.91. The molecule has 0 amide bonds. The monoisotopic (exact) mass is 181 g/mol. The van der Waals surface area contributed by atoms with Gasteiger partial charge in [-0.15, -0.1) is 0 Å². The van der Waals surface area contributed by atoms with Gasteiger partial charge >= 0.3 is 0 Å². The Labute approximate surface area is 75.0 Å². The number of anilines is 1. The number of aliphatic hydroxyl groups is 1. The maximum atomic E-state index is 10.9. The second-order valence-electron chi connectivity index (χ2n) is 3.15. The van der Waals surface area contributed by atoms with E-state index >= 15 is 0 Å². The van der Waals surface area contributed by atoms with Crippen molar-refractivity contribution in [3.63, 3.8) is 0 Å². The van der Waals surface area contributed by atoms with Gasteiger partial charge in [-0.3, -0.25) is 9.78 Å². The molecule has 5 heteroatoms. The highest BCUT2D eigenvalue weighted by Crippen LogP contribution is 2.13. The summed E-state index contributed by atoms with van der Waals surface area (Å²) in [6.45, 7) is 1.29. The fourth-order valence-corrected chi connectivity index (χ4v) is 1.45. The Hall–Kier alpha value is -1.36. The van der Waals surface area contributed by atoms with Crippen molar-refractivity contribution in [2.75, 3.05) is 18.0 Å². The predicted octanol–water partition coefficient (Wildman–Crippen LogP) is -0.659. The first-order valence-corrected chi connectivity index (χ1v) is 4.24. The van der Waals surface area contributed by atoms with E-state index in [1.54, 1.807) is 0 Å². The molecule has 2 rings (SSSR count). The molecule has 1 fully saturated rings. The van der Waals surface area contributed by atoms with Gasteiger partial charge in [-0.05, 0) is 6.42 Å². The molecule has 0 saturated carbocycles. The minimum atomic E-state index is -0.300. The van der Waals surface area contributed by atoms with E-state index in [4.69, 9.17) is 0 Å². The maximum Gasteiger partial charge on any atom is 0.252 e. The van der Waals surface area contributed by atoms with Crippen LogP contribution in [0.4, 0.5) is 5.95 Å². The number of H-pyrrole nitrogens is 1. The Morgan fingerprint density at radius 3 is 3.15 bits per heavy atom. The molecule has 0 aromatic carbocycles. The van der Waals surface area contributed by atoms with E-state index in [0.29, 0.717) is 12.5 Å². The van der Waals surface area contributed by atoms with Gasteiger partial charge in [0.1, 0.15) is 0 Å². The van der Waals surface area contributed by atoms with Crippen molar-refractivity contribution in [1.29, 1.82) is 0 Å². The highest BCUT2D eigenvalue weighted by molar-refractivity contribution is 5.30. The van der Waals surface area contributed by atoms with Crippen molar-refractivity contribution >= 4 is 5.95 Å². The maximum absolute atomic E-state index is 10.9. The SMILES string of the molecule is O=c1ccnc(N2CCC(O)C2)[nH]1. The standard InChI is InChI=1S/C8H11N3O2/c12-6-2-4-11(5-6)8-9-3-1-7(13)10-8/h1,3,6,12H,2,4-5H2,(H,9,10,13). The minimum Gasteiger partial charge on any atom is -0.391 e. The smallest absolute Gasteiger partial charge is 0.252 e. The highest BCUT2D eigenvalue weighted by Gasteiger charge is 2.21. The topological polar surface area (TPSA) is 69.2 Å². The second kappa shape index (κ2) is 3.18. The number of aliphatic hydroxyl groups excluding tert-OH is 1. The Morgan fingerprint density at radius 1 is 1.69 bits per heavy atom. The van der Waals surface area contributed by atoms with E-state index in [-0.39, 0.29) is 11.7 Å². The normalized spacial score (nSPS) is 22.2. The molecule has 0 bridgehead atoms. The van der Waals surface area contributed by atoms with Gasteiger partial charge in [0, 0.05) is 25.4 Å². The van der Waals surface area contributed by atoms with E-state index in [2.05, 4.69) is 9.97 Å². The Kier molecular flexibility index (Phi) is 2.02. The molecular formula is C8H11N3O2. The van der Waals surface area contributed by atoms with Crippen molar-refractivity contribution < 1.29 is 5.11 Å². The average molecular weight is 181 g/mol. The van der Waals surface area contributed by atoms with Crippen LogP contribution in [-0.2, 0) is 0 Å². The highest BCUT2D eigenvalue weighted by atomic mass is 16.3. The zero-order valence-corrected chi connectivity index (χ0v) is 7.10. The van der Waals surface area contributed by atoms with Crippen molar-refractivity contribution in [3.8, 4) is 0 Å². The predicted molar refractivity (Wildman–Crippen MR) is 47.7 cm³/mol. The third kappa shape index (κ3) is 1.70. The lowest BCUT2D eigenvalue weighted by molar-refractivity contribution is 0.198. The summed E-state index contributed by atoms with van der Waals surface area (Å²) in [7, 11) is 0. The third-order valence-corrected chi connectivity index (χ3v) is 2.12. The number of β-amino-alcohol motifs (C(OH)–C–C–N with tert-alkyl or cyclic N) is 1. The number of hydrogen-bond donors (Lipinski definition) is 2. The first kappa shape index (κ1) is 8.25. The fraction of sp³-hybridized carbons (Fsp3) is 0.500. The van der Waals surface area contributed by atoms with E-state index in [9.17, 15) is 9.90 Å². The number of hydrogen-bond acceptors (Lipinski definition) is 4. The summed E-state index contributed by atoms with van der Waals surface area (Å²) in [4.78, 5) is 19.4. The lowest BCUT2D eigenvalue weighted by atomic mass is 10.3. The van der Waals surface area contributed by atoms with E-state index in [1.165, 1.54) is 12.3 Å². The molecular weight excluding hydrogens is 170 g/mol. The molecule has 0 spiro atoms. The van der Waals surface area contributed by atoms with Gasteiger partial charge < -0.3 is 10.0 Å². The number of nitrogens with zero attached hydrogens (tertiary/aromatic N) is 2. The van der Waals surface area contributed by atoms with Crippen LogP contribution >= 0.6 is 0 Å². The van der Waals surface area contributed by atoms with Crippen LogP contribution < -0.4 is 10.5 Å². The van der Waals surface area contributed by atoms with Crippen LogP contribution in [0.3, 0.4) is 0 Å². The third-order valence-electron chi connectivity index (χ3n) is 2.12. The van der Waals surface area contributed by atoms with E-state index in [1.807, 2.05) is 4.90 Å². The number of nitrogens with one attached hydrogen (secondary N) is 1. The lowest BCUT2D eigenvalue weighted by Crippen LogP contribution is -2.25. The number of aromatic amines is 1. The van der Waals surface area contributed by atoms with Gasteiger partial charge in [0.15, 0.2) is 0 Å². The average Bonchev–Trinajstić information content (AvgIpc) is 2.52. The molecule has 2 heterocycles. The number of aromatic nitrogens is 2. The van der Waals surface area contributed by atoms with Crippen LogP contribution in [0.25, 0.3) is 0 Å². The van der Waals surface area contributed by atoms with Gasteiger partial charge in [-0.1, -0.05) is 0 Å². The molecule has 0 radical (unpaired) electrons. The first-order chi connectivity index (χ1) is 6.25. The summed E-state index contributed by atoms with van der Waals surface area (Å²) in [5.74, 6) is 0.545. The Morgan fingerprint density at radius 2 is 2.54 bits per heavy atom. The molecule has 0 aliphatic carbocycles. The van der Waals surface area contributed by atoms with Crippen molar-refractivity contribution in [3.05, 3.63) is 22.6 Å². The zero-order chi connectivity index (χ0) is 9.26. The van der Waals surface area contributed by atoms with Crippen LogP contribution in [-0.4, -0.2) is 34.3 Å². The summed E-state index contributed by atoms with van der Waals surface area (Å²) in [5.41, 5.74) is -0.161. The van der Waals surface area contributed by atoms with Gasteiger partial charge in [-0.2, -0.15) is 0 Å². The molecule has 1 saturated heterocycles. The molecule has 1 aromatic rings. The van der Waals surface area contributed by atoms with Crippen LogP contribution in [0.15, 0.2) is 17.1 Å². The Balaban J connectivity index is 2.21. The fourth-order valence-electron chi connectivity index (χ4n) is 1.45. The lowest BCUT2D eigenvalue weighted by Gasteiger charge is -2.14. The van der Waals surface area contributed by atoms with Gasteiger partial charge in [0.05, 0.1) is 6.10 Å². The molecule has 1 unspecified atom stereocenters. The summed E-state index contributed by atoms with van der Waals surface area (Å²) in [6, 6.07) is 1.37. The van der Waals surface area contributed by atoms with E-state index in [0.717, 1.165) is 13.0 Å². The van der Waals surface area contributed by atoms with Crippen LogP contribution in [0.2, 0.25) is 0 Å². The van der Waals surface area contributed by atoms with Gasteiger partial charge in [0.25, 0.3) is 5.56 Å². The molecule has 13 heavy (non-hydrogen) atoms. The molecule has 1 aliphatic rings. The quantitative estimate of drug-likeness (QED) is 0.603.